The Kier molecular flexibility index (Phi) is 8.26. The second-order valence-corrected chi connectivity index (χ2v) is 13.1. The minimum atomic E-state index is -1.23. The number of ether oxygens (including phenoxy) is 1. The van der Waals surface area contributed by atoms with Crippen LogP contribution in [0.2, 0.25) is 0 Å². The van der Waals surface area contributed by atoms with E-state index >= 15 is 0 Å². The van der Waals surface area contributed by atoms with Gasteiger partial charge in [0.05, 0.1) is 23.5 Å². The average molecular weight is 627 g/mol. The minimum Gasteiger partial charge on any atom is -0.387 e. The number of aryl methyl sites for hydroxylation is 1. The van der Waals surface area contributed by atoms with Gasteiger partial charge in [-0.1, -0.05) is 68.8 Å². The number of hydroxylamine groups is 1. The number of hydrogen-bond acceptors (Lipinski definition) is 9. The molecule has 3 N–H and O–H groups in total. The molecule has 3 aliphatic rings. The number of amidine groups is 1. The number of nitrogens with one attached hydrogen (secondary N) is 1. The molecule has 242 valence electrons. The van der Waals surface area contributed by atoms with Gasteiger partial charge in [-0.3, -0.25) is 9.36 Å². The molecule has 4 aromatic rings. The third-order valence-electron chi connectivity index (χ3n) is 10.1. The summed E-state index contributed by atoms with van der Waals surface area (Å²) in [5, 5.41) is 25.0. The van der Waals surface area contributed by atoms with Crippen LogP contribution in [-0.2, 0) is 22.4 Å². The van der Waals surface area contributed by atoms with Gasteiger partial charge in [-0.25, -0.2) is 19.8 Å². The molecule has 0 saturated heterocycles. The summed E-state index contributed by atoms with van der Waals surface area (Å²) in [5.74, 6) is 1.35. The molecule has 0 bridgehead atoms. The highest BCUT2D eigenvalue weighted by atomic mass is 16.7. The van der Waals surface area contributed by atoms with E-state index in [9.17, 15) is 15.0 Å². The fraction of sp³-hybridized carbons (Fsp3) is 0.486. The first kappa shape index (κ1) is 30.7. The highest BCUT2D eigenvalue weighted by Gasteiger charge is 2.54. The number of rotatable bonds is 10. The lowest BCUT2D eigenvalue weighted by Crippen LogP contribution is -2.38. The van der Waals surface area contributed by atoms with Crippen LogP contribution in [0, 0.1) is 5.92 Å². The minimum absolute atomic E-state index is 0.000189. The SMILES string of the molecule is CCCc1c(Cc2ccc(-c3ccccc3C3=NC(O)ON3)cc2)c(=O)n(C2CCC(OC(C)C3(O)CC3C)CC2)c2ncnn12. The number of fused-ring (bicyclic) bond motifs is 1. The van der Waals surface area contributed by atoms with Crippen LogP contribution in [-0.4, -0.2) is 59.4 Å². The van der Waals surface area contributed by atoms with E-state index in [0.717, 1.165) is 78.5 Å². The number of aliphatic hydroxyl groups is 2. The largest absolute Gasteiger partial charge is 0.387 e. The van der Waals surface area contributed by atoms with E-state index in [1.54, 1.807) is 6.33 Å². The van der Waals surface area contributed by atoms with Crippen molar-refractivity contribution < 1.29 is 19.8 Å². The molecule has 11 nitrogen and oxygen atoms in total. The summed E-state index contributed by atoms with van der Waals surface area (Å²) in [6.07, 6.45) is 6.33. The normalized spacial score (nSPS) is 26.6. The van der Waals surface area contributed by atoms with Crippen molar-refractivity contribution in [1.82, 2.24) is 24.6 Å². The molecule has 0 radical (unpaired) electrons. The quantitative estimate of drug-likeness (QED) is 0.237. The van der Waals surface area contributed by atoms with E-state index < -0.39 is 12.0 Å². The Labute approximate surface area is 267 Å². The van der Waals surface area contributed by atoms with Gasteiger partial charge in [0.2, 0.25) is 5.78 Å². The Hall–Kier alpha value is -3.90. The zero-order chi connectivity index (χ0) is 32.0. The number of aromatic nitrogens is 4. The van der Waals surface area contributed by atoms with Crippen LogP contribution in [0.1, 0.15) is 87.7 Å². The molecule has 3 heterocycles. The van der Waals surface area contributed by atoms with Gasteiger partial charge in [0.1, 0.15) is 6.33 Å². The number of benzene rings is 2. The maximum Gasteiger partial charge on any atom is 0.280 e. The summed E-state index contributed by atoms with van der Waals surface area (Å²) in [6.45, 7) is 6.15. The van der Waals surface area contributed by atoms with E-state index in [0.29, 0.717) is 18.0 Å². The Morgan fingerprint density at radius 1 is 1.11 bits per heavy atom. The van der Waals surface area contributed by atoms with Gasteiger partial charge in [0, 0.05) is 23.6 Å². The van der Waals surface area contributed by atoms with Gasteiger partial charge in [-0.15, -0.1) is 0 Å². The van der Waals surface area contributed by atoms with Crippen molar-refractivity contribution in [1.29, 1.82) is 0 Å². The van der Waals surface area contributed by atoms with Crippen LogP contribution in [0.25, 0.3) is 16.9 Å². The van der Waals surface area contributed by atoms with Gasteiger partial charge in [0.25, 0.3) is 12.0 Å². The molecule has 2 aliphatic carbocycles. The highest BCUT2D eigenvalue weighted by molar-refractivity contribution is 6.04. The van der Waals surface area contributed by atoms with Gasteiger partial charge in [-0.2, -0.15) is 10.1 Å². The maximum absolute atomic E-state index is 14.4. The number of aliphatic hydroxyl groups excluding tert-OH is 1. The van der Waals surface area contributed by atoms with Crippen molar-refractivity contribution >= 4 is 11.6 Å². The molecular weight excluding hydrogens is 584 g/mol. The predicted molar refractivity (Wildman–Crippen MR) is 173 cm³/mol. The number of nitrogens with zero attached hydrogens (tertiary/aromatic N) is 5. The van der Waals surface area contributed by atoms with Crippen LogP contribution >= 0.6 is 0 Å². The van der Waals surface area contributed by atoms with Gasteiger partial charge < -0.3 is 14.9 Å². The van der Waals surface area contributed by atoms with E-state index in [1.165, 1.54) is 0 Å². The fourth-order valence-electron chi connectivity index (χ4n) is 7.27. The molecule has 2 aromatic heterocycles. The monoisotopic (exact) mass is 626 g/mol. The molecule has 2 aromatic carbocycles. The predicted octanol–water partition coefficient (Wildman–Crippen LogP) is 4.32. The summed E-state index contributed by atoms with van der Waals surface area (Å²) < 4.78 is 10.0. The topological polar surface area (TPSA) is 136 Å². The Balaban J connectivity index is 1.15. The Morgan fingerprint density at radius 3 is 2.48 bits per heavy atom. The smallest absolute Gasteiger partial charge is 0.280 e. The van der Waals surface area contributed by atoms with Crippen LogP contribution in [0.15, 0.2) is 64.6 Å². The molecule has 4 unspecified atom stereocenters. The summed E-state index contributed by atoms with van der Waals surface area (Å²) in [7, 11) is 0. The molecule has 46 heavy (non-hydrogen) atoms. The van der Waals surface area contributed by atoms with Crippen LogP contribution < -0.4 is 11.0 Å². The first-order valence-electron chi connectivity index (χ1n) is 16.5. The van der Waals surface area contributed by atoms with Crippen molar-refractivity contribution in [2.45, 2.75) is 102 Å². The molecule has 2 fully saturated rings. The molecular formula is C35H42N6O5. The Morgan fingerprint density at radius 2 is 1.83 bits per heavy atom. The van der Waals surface area contributed by atoms with Crippen LogP contribution in [0.3, 0.4) is 0 Å². The third-order valence-corrected chi connectivity index (χ3v) is 10.1. The van der Waals surface area contributed by atoms with Gasteiger partial charge >= 0.3 is 0 Å². The van der Waals surface area contributed by atoms with E-state index in [4.69, 9.17) is 9.57 Å². The maximum atomic E-state index is 14.4. The fourth-order valence-corrected chi connectivity index (χ4v) is 7.27. The van der Waals surface area contributed by atoms with Gasteiger partial charge in [-0.05, 0) is 68.1 Å². The van der Waals surface area contributed by atoms with Crippen molar-refractivity contribution in [2.24, 2.45) is 10.9 Å². The molecule has 0 amide bonds. The second kappa shape index (κ2) is 12.4. The molecule has 4 atom stereocenters. The van der Waals surface area contributed by atoms with Crippen molar-refractivity contribution in [2.75, 3.05) is 0 Å². The van der Waals surface area contributed by atoms with Crippen molar-refractivity contribution in [3.05, 3.63) is 87.6 Å². The first-order chi connectivity index (χ1) is 22.3. The van der Waals surface area contributed by atoms with Crippen LogP contribution in [0.5, 0.6) is 0 Å². The lowest BCUT2D eigenvalue weighted by molar-refractivity contribution is -0.102. The van der Waals surface area contributed by atoms with Gasteiger partial charge in [0.15, 0.2) is 5.84 Å². The molecule has 0 spiro atoms. The van der Waals surface area contributed by atoms with Crippen molar-refractivity contribution in [3.63, 3.8) is 0 Å². The number of hydrogen-bond donors (Lipinski definition) is 3. The molecule has 7 rings (SSSR count). The summed E-state index contributed by atoms with van der Waals surface area (Å²) in [6, 6.07) is 16.0. The highest BCUT2D eigenvalue weighted by Crippen LogP contribution is 2.47. The standard InChI is InChI=1S/C35H42N6O5/c1-4-7-30-29(18-23-10-12-24(13-11-23)27-8-5-6-9-28(27)31-38-34(43)46-39-31)32(42)40(33-36-20-37-41(30)33)25-14-16-26(17-15-25)45-22(3)35(44)19-21(35)2/h5-6,8-13,20-22,25-26,34,43-44H,4,7,14-19H2,1-3H3,(H,38,39). The van der Waals surface area contributed by atoms with E-state index in [-0.39, 0.29) is 29.7 Å². The Bertz CT molecular complexity index is 1810. The molecule has 2 saturated carbocycles. The number of aliphatic imine (C=N–C) groups is 1. The summed E-state index contributed by atoms with van der Waals surface area (Å²) >= 11 is 0. The van der Waals surface area contributed by atoms with Crippen molar-refractivity contribution in [3.8, 4) is 11.1 Å². The van der Waals surface area contributed by atoms with Crippen LogP contribution in [0.4, 0.5) is 0 Å². The average Bonchev–Trinajstić information content (AvgIpc) is 3.38. The molecule has 11 heteroatoms. The lowest BCUT2D eigenvalue weighted by Gasteiger charge is -2.33. The second-order valence-electron chi connectivity index (χ2n) is 13.1. The molecule has 1 aliphatic heterocycles. The summed E-state index contributed by atoms with van der Waals surface area (Å²) in [5.41, 5.74) is 7.44. The van der Waals surface area contributed by atoms with E-state index in [1.807, 2.05) is 52.4 Å². The summed E-state index contributed by atoms with van der Waals surface area (Å²) in [4.78, 5) is 28.1. The lowest BCUT2D eigenvalue weighted by atomic mass is 9.92. The van der Waals surface area contributed by atoms with E-state index in [2.05, 4.69) is 46.5 Å². The zero-order valence-corrected chi connectivity index (χ0v) is 26.6. The third kappa shape index (κ3) is 5.66. The zero-order valence-electron chi connectivity index (χ0n) is 26.6. The first-order valence-corrected chi connectivity index (χ1v) is 16.5.